The van der Waals surface area contributed by atoms with Gasteiger partial charge in [-0.25, -0.2) is 24.3 Å². The molecule has 202 valence electrons. The number of alkyl halides is 3. The minimum Gasteiger partial charge on any atom is -0.486 e. The lowest BCUT2D eigenvalue weighted by Crippen LogP contribution is -2.28. The number of hydrogen-bond donors (Lipinski definition) is 1. The van der Waals surface area contributed by atoms with Crippen molar-refractivity contribution < 1.29 is 27.1 Å². The lowest BCUT2D eigenvalue weighted by atomic mass is 10.0. The van der Waals surface area contributed by atoms with Crippen LogP contribution in [0.1, 0.15) is 37.7 Å². The highest BCUT2D eigenvalue weighted by atomic mass is 19.4. The lowest BCUT2D eigenvalue weighted by molar-refractivity contribution is -0.145. The second-order valence-electron chi connectivity index (χ2n) is 9.30. The standard InChI is InChI=1S/C27H24F4N6O2/c1-15(19-11-32-26(33-12-19)27(29,30)31)36-25-22-9-18(17-3-5-20(28)6-4-17)10-23(24(22)34-14-35-25)39-21-7-8-37(13-21)16(2)38/h3-6,9-12,14-15,21H,7-8,13H2,1-2H3,(H,34,35,36)/t15-,21?/m1/s1. The minimum absolute atomic E-state index is 0.0268. The highest BCUT2D eigenvalue weighted by molar-refractivity contribution is 5.96. The van der Waals surface area contributed by atoms with Gasteiger partial charge in [0, 0.05) is 43.2 Å². The van der Waals surface area contributed by atoms with Crippen LogP contribution in [-0.4, -0.2) is 49.9 Å². The third kappa shape index (κ3) is 5.74. The summed E-state index contributed by atoms with van der Waals surface area (Å²) in [5.41, 5.74) is 2.40. The Morgan fingerprint density at radius 1 is 1.08 bits per heavy atom. The van der Waals surface area contributed by atoms with Crippen LogP contribution in [-0.2, 0) is 11.0 Å². The average molecular weight is 541 g/mol. The van der Waals surface area contributed by atoms with E-state index in [0.717, 1.165) is 23.5 Å². The van der Waals surface area contributed by atoms with E-state index in [1.54, 1.807) is 24.0 Å². The second kappa shape index (κ2) is 10.4. The maximum Gasteiger partial charge on any atom is 0.451 e. The van der Waals surface area contributed by atoms with Crippen molar-refractivity contribution in [3.63, 3.8) is 0 Å². The maximum atomic E-state index is 13.6. The van der Waals surface area contributed by atoms with Crippen LogP contribution >= 0.6 is 0 Å². The van der Waals surface area contributed by atoms with E-state index in [9.17, 15) is 22.4 Å². The van der Waals surface area contributed by atoms with Gasteiger partial charge >= 0.3 is 6.18 Å². The monoisotopic (exact) mass is 540 g/mol. The van der Waals surface area contributed by atoms with Gasteiger partial charge in [-0.15, -0.1) is 0 Å². The molecular weight excluding hydrogens is 516 g/mol. The van der Waals surface area contributed by atoms with Crippen molar-refractivity contribution >= 4 is 22.6 Å². The zero-order chi connectivity index (χ0) is 27.7. The van der Waals surface area contributed by atoms with Gasteiger partial charge in [0.15, 0.2) is 0 Å². The predicted octanol–water partition coefficient (Wildman–Crippen LogP) is 5.42. The Morgan fingerprint density at radius 3 is 2.44 bits per heavy atom. The van der Waals surface area contributed by atoms with Crippen LogP contribution in [0.2, 0.25) is 0 Å². The van der Waals surface area contributed by atoms with Gasteiger partial charge in [-0.1, -0.05) is 12.1 Å². The molecule has 2 atom stereocenters. The van der Waals surface area contributed by atoms with E-state index in [1.165, 1.54) is 25.4 Å². The molecule has 0 radical (unpaired) electrons. The summed E-state index contributed by atoms with van der Waals surface area (Å²) in [4.78, 5) is 29.2. The Morgan fingerprint density at radius 2 is 1.79 bits per heavy atom. The van der Waals surface area contributed by atoms with E-state index in [-0.39, 0.29) is 17.8 Å². The topological polar surface area (TPSA) is 93.1 Å². The molecule has 0 aliphatic carbocycles. The van der Waals surface area contributed by atoms with Crippen LogP contribution in [0.3, 0.4) is 0 Å². The third-order valence-corrected chi connectivity index (χ3v) is 6.54. The van der Waals surface area contributed by atoms with Gasteiger partial charge in [-0.05, 0) is 42.3 Å². The number of ether oxygens (including phenoxy) is 1. The number of benzene rings is 2. The van der Waals surface area contributed by atoms with E-state index in [2.05, 4.69) is 25.3 Å². The Bertz CT molecular complexity index is 1500. The molecule has 1 N–H and O–H groups in total. The molecule has 4 aromatic rings. The molecule has 2 aromatic heterocycles. The van der Waals surface area contributed by atoms with Crippen LogP contribution < -0.4 is 10.1 Å². The third-order valence-electron chi connectivity index (χ3n) is 6.54. The SMILES string of the molecule is CC(=O)N1CCC(Oc2cc(-c3ccc(F)cc3)cc3c(N[C@H](C)c4cnc(C(F)(F)F)nc4)ncnc23)C1. The van der Waals surface area contributed by atoms with Gasteiger partial charge in [0.05, 0.1) is 12.6 Å². The molecule has 12 heteroatoms. The van der Waals surface area contributed by atoms with Crippen molar-refractivity contribution in [2.45, 2.75) is 38.6 Å². The van der Waals surface area contributed by atoms with Crippen LogP contribution in [0.4, 0.5) is 23.4 Å². The molecule has 3 heterocycles. The molecule has 1 fully saturated rings. The maximum absolute atomic E-state index is 13.6. The van der Waals surface area contributed by atoms with Crippen LogP contribution in [0, 0.1) is 5.82 Å². The normalized spacial score (nSPS) is 16.4. The second-order valence-corrected chi connectivity index (χ2v) is 9.30. The summed E-state index contributed by atoms with van der Waals surface area (Å²) in [5.74, 6) is -0.728. The first kappa shape index (κ1) is 26.3. The van der Waals surface area contributed by atoms with E-state index < -0.39 is 18.0 Å². The fourth-order valence-corrected chi connectivity index (χ4v) is 4.44. The van der Waals surface area contributed by atoms with Crippen LogP contribution in [0.15, 0.2) is 55.1 Å². The molecule has 8 nitrogen and oxygen atoms in total. The number of likely N-dealkylation sites (tertiary alicyclic amines) is 1. The largest absolute Gasteiger partial charge is 0.486 e. The molecule has 2 aromatic carbocycles. The number of nitrogens with one attached hydrogen (secondary N) is 1. The number of aromatic nitrogens is 4. The minimum atomic E-state index is -4.63. The number of halogens is 4. The van der Waals surface area contributed by atoms with Crippen molar-refractivity contribution in [1.82, 2.24) is 24.8 Å². The highest BCUT2D eigenvalue weighted by Gasteiger charge is 2.34. The van der Waals surface area contributed by atoms with E-state index >= 15 is 0 Å². The van der Waals surface area contributed by atoms with Crippen molar-refractivity contribution in [2.75, 3.05) is 18.4 Å². The first-order valence-electron chi connectivity index (χ1n) is 12.2. The molecule has 0 spiro atoms. The summed E-state index contributed by atoms with van der Waals surface area (Å²) >= 11 is 0. The number of carbonyl (C=O) groups excluding carboxylic acids is 1. The zero-order valence-electron chi connectivity index (χ0n) is 21.0. The summed E-state index contributed by atoms with van der Waals surface area (Å²) in [5, 5.41) is 3.80. The predicted molar refractivity (Wildman–Crippen MR) is 135 cm³/mol. The molecule has 1 aliphatic rings. The Kier molecular flexibility index (Phi) is 7.02. The van der Waals surface area contributed by atoms with Crippen molar-refractivity contribution in [3.8, 4) is 16.9 Å². The van der Waals surface area contributed by atoms with Gasteiger partial charge in [0.2, 0.25) is 11.7 Å². The van der Waals surface area contributed by atoms with Gasteiger partial charge in [0.25, 0.3) is 0 Å². The molecule has 1 unspecified atom stereocenters. The Labute approximate surface area is 221 Å². The highest BCUT2D eigenvalue weighted by Crippen LogP contribution is 2.36. The summed E-state index contributed by atoms with van der Waals surface area (Å²) in [6.07, 6.45) is -0.613. The summed E-state index contributed by atoms with van der Waals surface area (Å²) in [6.45, 7) is 4.29. The molecule has 0 bridgehead atoms. The average Bonchev–Trinajstić information content (AvgIpc) is 3.38. The Balaban J connectivity index is 1.52. The fraction of sp³-hybridized carbons (Fsp3) is 0.296. The number of carbonyl (C=O) groups is 1. The molecule has 5 rings (SSSR count). The number of rotatable bonds is 6. The van der Waals surface area contributed by atoms with Gasteiger partial charge < -0.3 is 15.0 Å². The number of fused-ring (bicyclic) bond motifs is 1. The van der Waals surface area contributed by atoms with E-state index in [0.29, 0.717) is 47.5 Å². The molecule has 0 saturated carbocycles. The zero-order valence-corrected chi connectivity index (χ0v) is 21.0. The number of anilines is 1. The first-order chi connectivity index (χ1) is 18.6. The summed E-state index contributed by atoms with van der Waals surface area (Å²) < 4.78 is 58.6. The van der Waals surface area contributed by atoms with E-state index in [1.807, 2.05) is 12.1 Å². The smallest absolute Gasteiger partial charge is 0.451 e. The molecular formula is C27H24F4N6O2. The first-order valence-corrected chi connectivity index (χ1v) is 12.2. The van der Waals surface area contributed by atoms with Crippen molar-refractivity contribution in [2.24, 2.45) is 0 Å². The van der Waals surface area contributed by atoms with Crippen molar-refractivity contribution in [1.29, 1.82) is 0 Å². The van der Waals surface area contributed by atoms with Gasteiger partial charge in [0.1, 0.15) is 35.3 Å². The lowest BCUT2D eigenvalue weighted by Gasteiger charge is -2.20. The van der Waals surface area contributed by atoms with Crippen LogP contribution in [0.25, 0.3) is 22.0 Å². The van der Waals surface area contributed by atoms with Crippen molar-refractivity contribution in [3.05, 3.63) is 72.3 Å². The summed E-state index contributed by atoms with van der Waals surface area (Å²) in [6, 6.07) is 9.16. The number of amides is 1. The molecule has 1 aliphatic heterocycles. The van der Waals surface area contributed by atoms with Gasteiger partial charge in [-0.2, -0.15) is 13.2 Å². The quantitative estimate of drug-likeness (QED) is 0.327. The molecule has 39 heavy (non-hydrogen) atoms. The number of hydrogen-bond acceptors (Lipinski definition) is 7. The van der Waals surface area contributed by atoms with E-state index in [4.69, 9.17) is 4.74 Å². The Hall–Kier alpha value is -4.35. The summed E-state index contributed by atoms with van der Waals surface area (Å²) in [7, 11) is 0. The van der Waals surface area contributed by atoms with Crippen LogP contribution in [0.5, 0.6) is 5.75 Å². The molecule has 1 saturated heterocycles. The fourth-order valence-electron chi connectivity index (χ4n) is 4.44. The van der Waals surface area contributed by atoms with Gasteiger partial charge in [-0.3, -0.25) is 4.79 Å². The number of nitrogens with zero attached hydrogens (tertiary/aromatic N) is 5. The molecule has 1 amide bonds.